The van der Waals surface area contributed by atoms with E-state index in [0.29, 0.717) is 13.0 Å². The number of carbonyl (C=O) groups is 1. The molecule has 3 aromatic rings. The number of benzene rings is 3. The number of hydrogen-bond acceptors (Lipinski definition) is 2. The van der Waals surface area contributed by atoms with Gasteiger partial charge >= 0.3 is 6.03 Å². The third-order valence-corrected chi connectivity index (χ3v) is 4.18. The summed E-state index contributed by atoms with van der Waals surface area (Å²) in [7, 11) is 0. The molecule has 0 fully saturated rings. The first-order chi connectivity index (χ1) is 12.7. The van der Waals surface area contributed by atoms with E-state index in [9.17, 15) is 9.90 Å². The van der Waals surface area contributed by atoms with Gasteiger partial charge in [-0.3, -0.25) is 0 Å². The van der Waals surface area contributed by atoms with Crippen LogP contribution in [0, 0.1) is 0 Å². The molecule has 26 heavy (non-hydrogen) atoms. The highest BCUT2D eigenvalue weighted by Crippen LogP contribution is 2.21. The topological polar surface area (TPSA) is 61.4 Å². The van der Waals surface area contributed by atoms with Gasteiger partial charge in [0, 0.05) is 6.54 Å². The number of aromatic hydroxyl groups is 1. The Balaban J connectivity index is 1.61. The minimum Gasteiger partial charge on any atom is -0.508 e. The molecule has 0 bridgehead atoms. The zero-order valence-electron chi connectivity index (χ0n) is 14.4. The molecule has 0 spiro atoms. The number of nitrogens with one attached hydrogen (secondary N) is 2. The van der Waals surface area contributed by atoms with Gasteiger partial charge in [-0.15, -0.1) is 0 Å². The predicted octanol–water partition coefficient (Wildman–Crippen LogP) is 4.02. The molecule has 4 nitrogen and oxygen atoms in total. The van der Waals surface area contributed by atoms with E-state index in [1.54, 1.807) is 12.1 Å². The maximum absolute atomic E-state index is 12.4. The number of carbonyl (C=O) groups excluding carboxylic acids is 1. The van der Waals surface area contributed by atoms with Crippen LogP contribution in [0.15, 0.2) is 84.9 Å². The number of hydrogen-bond donors (Lipinski definition) is 3. The predicted molar refractivity (Wildman–Crippen MR) is 103 cm³/mol. The molecule has 0 unspecified atom stereocenters. The van der Waals surface area contributed by atoms with Crippen molar-refractivity contribution in [1.29, 1.82) is 0 Å². The molecule has 0 aliphatic heterocycles. The van der Waals surface area contributed by atoms with E-state index in [4.69, 9.17) is 0 Å². The van der Waals surface area contributed by atoms with Crippen molar-refractivity contribution < 1.29 is 9.90 Å². The number of rotatable bonds is 6. The highest BCUT2D eigenvalue weighted by atomic mass is 16.3. The van der Waals surface area contributed by atoms with E-state index in [1.807, 2.05) is 72.8 Å². The highest BCUT2D eigenvalue weighted by Gasteiger charge is 2.16. The molecular formula is C22H22N2O2. The SMILES string of the molecule is O=C(NCCc1ccc(O)cc1)NC(c1ccccc1)c1ccccc1. The van der Waals surface area contributed by atoms with Crippen LogP contribution in [0.1, 0.15) is 22.7 Å². The van der Waals surface area contributed by atoms with E-state index < -0.39 is 0 Å². The van der Waals surface area contributed by atoms with Gasteiger partial charge in [0.15, 0.2) is 0 Å². The normalized spacial score (nSPS) is 10.5. The maximum Gasteiger partial charge on any atom is 0.315 e. The Bertz CT molecular complexity index is 778. The van der Waals surface area contributed by atoms with Gasteiger partial charge in [0.05, 0.1) is 6.04 Å². The first kappa shape index (κ1) is 17.5. The van der Waals surface area contributed by atoms with Crippen molar-refractivity contribution in [3.63, 3.8) is 0 Å². The monoisotopic (exact) mass is 346 g/mol. The van der Waals surface area contributed by atoms with Gasteiger partial charge in [0.2, 0.25) is 0 Å². The number of amides is 2. The van der Waals surface area contributed by atoms with Crippen molar-refractivity contribution in [3.8, 4) is 5.75 Å². The van der Waals surface area contributed by atoms with Gasteiger partial charge in [-0.05, 0) is 35.2 Å². The van der Waals surface area contributed by atoms with E-state index in [-0.39, 0.29) is 17.8 Å². The summed E-state index contributed by atoms with van der Waals surface area (Å²) >= 11 is 0. The van der Waals surface area contributed by atoms with Gasteiger partial charge in [0.1, 0.15) is 5.75 Å². The number of urea groups is 1. The Labute approximate surface area is 153 Å². The van der Waals surface area contributed by atoms with Crippen molar-refractivity contribution in [3.05, 3.63) is 102 Å². The van der Waals surface area contributed by atoms with Crippen LogP contribution in [0.25, 0.3) is 0 Å². The molecule has 2 amide bonds. The largest absolute Gasteiger partial charge is 0.508 e. The fourth-order valence-corrected chi connectivity index (χ4v) is 2.82. The van der Waals surface area contributed by atoms with Crippen molar-refractivity contribution >= 4 is 6.03 Å². The lowest BCUT2D eigenvalue weighted by Gasteiger charge is -2.20. The summed E-state index contributed by atoms with van der Waals surface area (Å²) in [5.74, 6) is 0.244. The summed E-state index contributed by atoms with van der Waals surface area (Å²) in [4.78, 5) is 12.4. The van der Waals surface area contributed by atoms with Gasteiger partial charge < -0.3 is 15.7 Å². The Hall–Kier alpha value is -3.27. The van der Waals surface area contributed by atoms with Crippen LogP contribution in [0.4, 0.5) is 4.79 Å². The van der Waals surface area contributed by atoms with Crippen LogP contribution < -0.4 is 10.6 Å². The molecule has 0 saturated heterocycles. The van der Waals surface area contributed by atoms with Gasteiger partial charge in [0.25, 0.3) is 0 Å². The minimum atomic E-state index is -0.207. The third kappa shape index (κ3) is 4.86. The average Bonchev–Trinajstić information content (AvgIpc) is 2.69. The van der Waals surface area contributed by atoms with Gasteiger partial charge in [-0.1, -0.05) is 72.8 Å². The zero-order valence-corrected chi connectivity index (χ0v) is 14.4. The van der Waals surface area contributed by atoms with Gasteiger partial charge in [-0.2, -0.15) is 0 Å². The standard InChI is InChI=1S/C22H22N2O2/c25-20-13-11-17(12-14-20)15-16-23-22(26)24-21(18-7-3-1-4-8-18)19-9-5-2-6-10-19/h1-14,21,25H,15-16H2,(H2,23,24,26). The molecule has 0 radical (unpaired) electrons. The molecule has 0 heterocycles. The minimum absolute atomic E-state index is 0.203. The van der Waals surface area contributed by atoms with Crippen LogP contribution in [-0.4, -0.2) is 17.7 Å². The molecule has 0 aliphatic carbocycles. The molecular weight excluding hydrogens is 324 g/mol. The molecule has 0 saturated carbocycles. The second-order valence-corrected chi connectivity index (χ2v) is 6.07. The number of phenols is 1. The Morgan fingerprint density at radius 1 is 0.808 bits per heavy atom. The van der Waals surface area contributed by atoms with E-state index in [2.05, 4.69) is 10.6 Å². The lowest BCUT2D eigenvalue weighted by atomic mass is 9.99. The maximum atomic E-state index is 12.4. The van der Waals surface area contributed by atoms with Gasteiger partial charge in [-0.25, -0.2) is 4.79 Å². The van der Waals surface area contributed by atoms with E-state index in [0.717, 1.165) is 16.7 Å². The smallest absolute Gasteiger partial charge is 0.315 e. The molecule has 132 valence electrons. The summed E-state index contributed by atoms with van der Waals surface area (Å²) in [5.41, 5.74) is 3.13. The summed E-state index contributed by atoms with van der Waals surface area (Å²) in [6.45, 7) is 0.521. The Kier molecular flexibility index (Phi) is 5.88. The summed E-state index contributed by atoms with van der Waals surface area (Å²) < 4.78 is 0. The summed E-state index contributed by atoms with van der Waals surface area (Å²) in [5, 5.41) is 15.3. The Morgan fingerprint density at radius 3 is 1.88 bits per heavy atom. The van der Waals surface area contributed by atoms with Crippen LogP contribution in [-0.2, 0) is 6.42 Å². The molecule has 0 aromatic heterocycles. The molecule has 3 N–H and O–H groups in total. The van der Waals surface area contributed by atoms with Crippen molar-refractivity contribution in [1.82, 2.24) is 10.6 Å². The zero-order chi connectivity index (χ0) is 18.2. The second-order valence-electron chi connectivity index (χ2n) is 6.07. The average molecular weight is 346 g/mol. The van der Waals surface area contributed by atoms with E-state index in [1.165, 1.54) is 0 Å². The van der Waals surface area contributed by atoms with Crippen LogP contribution >= 0.6 is 0 Å². The lowest BCUT2D eigenvalue weighted by molar-refractivity contribution is 0.239. The molecule has 0 atom stereocenters. The molecule has 3 rings (SSSR count). The first-order valence-electron chi connectivity index (χ1n) is 8.64. The van der Waals surface area contributed by atoms with Crippen molar-refractivity contribution in [2.45, 2.75) is 12.5 Å². The van der Waals surface area contributed by atoms with Crippen molar-refractivity contribution in [2.75, 3.05) is 6.54 Å². The third-order valence-electron chi connectivity index (χ3n) is 4.18. The Morgan fingerprint density at radius 2 is 1.35 bits per heavy atom. The first-order valence-corrected chi connectivity index (χ1v) is 8.64. The fourth-order valence-electron chi connectivity index (χ4n) is 2.82. The van der Waals surface area contributed by atoms with Crippen LogP contribution in [0.5, 0.6) is 5.75 Å². The fraction of sp³-hybridized carbons (Fsp3) is 0.136. The van der Waals surface area contributed by atoms with Crippen LogP contribution in [0.3, 0.4) is 0 Å². The molecule has 4 heteroatoms. The van der Waals surface area contributed by atoms with Crippen LogP contribution in [0.2, 0.25) is 0 Å². The van der Waals surface area contributed by atoms with E-state index >= 15 is 0 Å². The number of phenolic OH excluding ortho intramolecular Hbond substituents is 1. The lowest BCUT2D eigenvalue weighted by Crippen LogP contribution is -2.39. The molecule has 3 aromatic carbocycles. The summed E-state index contributed by atoms with van der Waals surface area (Å²) in [6, 6.07) is 26.4. The summed E-state index contributed by atoms with van der Waals surface area (Å²) in [6.07, 6.45) is 0.703. The highest BCUT2D eigenvalue weighted by molar-refractivity contribution is 5.75. The second kappa shape index (κ2) is 8.72. The quantitative estimate of drug-likeness (QED) is 0.631. The molecule has 0 aliphatic rings. The van der Waals surface area contributed by atoms with Crippen molar-refractivity contribution in [2.24, 2.45) is 0 Å².